The van der Waals surface area contributed by atoms with Crippen LogP contribution in [0.2, 0.25) is 5.02 Å². The molecule has 1 unspecified atom stereocenters. The third-order valence-corrected chi connectivity index (χ3v) is 3.34. The molecular formula is C13H15ClFN5. The highest BCUT2D eigenvalue weighted by Crippen LogP contribution is 2.27. The molecule has 5 nitrogen and oxygen atoms in total. The predicted molar refractivity (Wildman–Crippen MR) is 78.1 cm³/mol. The molecule has 7 heteroatoms. The highest BCUT2D eigenvalue weighted by Gasteiger charge is 2.18. The zero-order valence-corrected chi connectivity index (χ0v) is 11.9. The molecule has 1 aromatic heterocycles. The van der Waals surface area contributed by atoms with Crippen molar-refractivity contribution >= 4 is 23.4 Å². The minimum absolute atomic E-state index is 0.108. The molecule has 2 rings (SSSR count). The van der Waals surface area contributed by atoms with E-state index < -0.39 is 5.82 Å². The van der Waals surface area contributed by atoms with E-state index in [4.69, 9.17) is 17.4 Å². The number of nitrogens with one attached hydrogen (secondary N) is 1. The number of hydrogen-bond acceptors (Lipinski definition) is 5. The van der Waals surface area contributed by atoms with Crippen LogP contribution in [0.1, 0.15) is 18.5 Å². The van der Waals surface area contributed by atoms with Gasteiger partial charge in [-0.2, -0.15) is 4.98 Å². The van der Waals surface area contributed by atoms with Gasteiger partial charge in [0.2, 0.25) is 5.95 Å². The first kappa shape index (κ1) is 14.5. The molecule has 106 valence electrons. The molecule has 0 aliphatic rings. The van der Waals surface area contributed by atoms with E-state index in [0.717, 1.165) is 11.8 Å². The van der Waals surface area contributed by atoms with E-state index in [2.05, 4.69) is 15.4 Å². The van der Waals surface area contributed by atoms with Crippen LogP contribution in [-0.2, 0) is 0 Å². The zero-order valence-electron chi connectivity index (χ0n) is 11.1. The molecule has 1 aromatic carbocycles. The van der Waals surface area contributed by atoms with Crippen molar-refractivity contribution in [3.8, 4) is 0 Å². The summed E-state index contributed by atoms with van der Waals surface area (Å²) < 4.78 is 13.9. The minimum atomic E-state index is -0.514. The zero-order chi connectivity index (χ0) is 14.7. The van der Waals surface area contributed by atoms with Crippen LogP contribution in [0.25, 0.3) is 0 Å². The number of hydrogen-bond donors (Lipinski definition) is 2. The molecular weight excluding hydrogens is 281 g/mol. The standard InChI is InChI=1S/C13H15ClFN5/c1-8(9-4-3-5-10(14)6-9)20(2)12-11(15)7-17-13(18-12)19-16/h3-8H,16H2,1-2H3,(H,17,18,19). The predicted octanol–water partition coefficient (Wildman–Crippen LogP) is 2.75. The lowest BCUT2D eigenvalue weighted by molar-refractivity contribution is 0.596. The van der Waals surface area contributed by atoms with E-state index in [0.29, 0.717) is 5.02 Å². The molecule has 0 spiro atoms. The van der Waals surface area contributed by atoms with Crippen LogP contribution in [0.15, 0.2) is 30.5 Å². The van der Waals surface area contributed by atoms with E-state index in [1.807, 2.05) is 25.1 Å². The highest BCUT2D eigenvalue weighted by molar-refractivity contribution is 6.30. The van der Waals surface area contributed by atoms with Gasteiger partial charge in [0.1, 0.15) is 0 Å². The van der Waals surface area contributed by atoms with Gasteiger partial charge in [0, 0.05) is 12.1 Å². The average Bonchev–Trinajstić information content (AvgIpc) is 2.46. The van der Waals surface area contributed by atoms with Crippen molar-refractivity contribution in [1.82, 2.24) is 9.97 Å². The fraction of sp³-hybridized carbons (Fsp3) is 0.231. The molecule has 3 N–H and O–H groups in total. The molecule has 0 saturated heterocycles. The number of nitrogens with zero attached hydrogens (tertiary/aromatic N) is 3. The van der Waals surface area contributed by atoms with Gasteiger partial charge in [-0.3, -0.25) is 5.43 Å². The van der Waals surface area contributed by atoms with Gasteiger partial charge in [0.25, 0.3) is 0 Å². The van der Waals surface area contributed by atoms with Gasteiger partial charge >= 0.3 is 0 Å². The van der Waals surface area contributed by atoms with Gasteiger partial charge < -0.3 is 4.90 Å². The third kappa shape index (κ3) is 2.97. The number of hydrazine groups is 1. The maximum Gasteiger partial charge on any atom is 0.239 e. The topological polar surface area (TPSA) is 67.1 Å². The first-order chi connectivity index (χ1) is 9.52. The number of aromatic nitrogens is 2. The van der Waals surface area contributed by atoms with Crippen molar-refractivity contribution in [2.45, 2.75) is 13.0 Å². The summed E-state index contributed by atoms with van der Waals surface area (Å²) in [5, 5.41) is 0.634. The second-order valence-electron chi connectivity index (χ2n) is 4.35. The van der Waals surface area contributed by atoms with Gasteiger partial charge in [-0.25, -0.2) is 15.2 Å². The molecule has 0 bridgehead atoms. The summed E-state index contributed by atoms with van der Waals surface area (Å²) in [5.41, 5.74) is 3.26. The quantitative estimate of drug-likeness (QED) is 0.670. The first-order valence-corrected chi connectivity index (χ1v) is 6.38. The summed E-state index contributed by atoms with van der Waals surface area (Å²) in [7, 11) is 1.75. The summed E-state index contributed by atoms with van der Waals surface area (Å²) in [4.78, 5) is 9.44. The molecule has 0 saturated carbocycles. The van der Waals surface area contributed by atoms with Crippen LogP contribution in [-0.4, -0.2) is 17.0 Å². The smallest absolute Gasteiger partial charge is 0.239 e. The van der Waals surface area contributed by atoms with Crippen molar-refractivity contribution in [2.24, 2.45) is 5.84 Å². The lowest BCUT2D eigenvalue weighted by Gasteiger charge is -2.26. The van der Waals surface area contributed by atoms with Gasteiger partial charge in [0.05, 0.1) is 12.2 Å². The van der Waals surface area contributed by atoms with Crippen LogP contribution in [0.5, 0.6) is 0 Å². The average molecular weight is 296 g/mol. The van der Waals surface area contributed by atoms with Gasteiger partial charge in [0.15, 0.2) is 11.6 Å². The summed E-state index contributed by atoms with van der Waals surface area (Å²) >= 11 is 5.97. The van der Waals surface area contributed by atoms with Crippen molar-refractivity contribution in [2.75, 3.05) is 17.4 Å². The Morgan fingerprint density at radius 1 is 1.45 bits per heavy atom. The Balaban J connectivity index is 2.33. The summed E-state index contributed by atoms with van der Waals surface area (Å²) in [5.74, 6) is 5.05. The number of nitrogens with two attached hydrogens (primary N) is 1. The van der Waals surface area contributed by atoms with Crippen LogP contribution < -0.4 is 16.2 Å². The fourth-order valence-electron chi connectivity index (χ4n) is 1.85. The molecule has 0 aliphatic carbocycles. The van der Waals surface area contributed by atoms with E-state index in [9.17, 15) is 4.39 Å². The highest BCUT2D eigenvalue weighted by atomic mass is 35.5. The second kappa shape index (κ2) is 6.02. The van der Waals surface area contributed by atoms with Crippen LogP contribution in [0.3, 0.4) is 0 Å². The first-order valence-electron chi connectivity index (χ1n) is 6.00. The van der Waals surface area contributed by atoms with Crippen LogP contribution in [0, 0.1) is 5.82 Å². The Morgan fingerprint density at radius 3 is 2.85 bits per heavy atom. The normalized spacial score (nSPS) is 12.1. The van der Waals surface area contributed by atoms with E-state index in [1.165, 1.54) is 0 Å². The van der Waals surface area contributed by atoms with Crippen molar-refractivity contribution in [3.05, 3.63) is 46.9 Å². The number of halogens is 2. The fourth-order valence-corrected chi connectivity index (χ4v) is 2.05. The Labute approximate surface area is 121 Å². The van der Waals surface area contributed by atoms with Gasteiger partial charge in [-0.15, -0.1) is 0 Å². The maximum absolute atomic E-state index is 13.9. The van der Waals surface area contributed by atoms with Crippen molar-refractivity contribution < 1.29 is 4.39 Å². The lowest BCUT2D eigenvalue weighted by atomic mass is 10.1. The van der Waals surface area contributed by atoms with Gasteiger partial charge in [-0.05, 0) is 24.6 Å². The molecule has 1 heterocycles. The summed E-state index contributed by atoms with van der Waals surface area (Å²) in [6, 6.07) is 7.30. The molecule has 0 amide bonds. The third-order valence-electron chi connectivity index (χ3n) is 3.10. The summed E-state index contributed by atoms with van der Waals surface area (Å²) in [6.45, 7) is 1.93. The van der Waals surface area contributed by atoms with E-state index in [1.54, 1.807) is 18.0 Å². The Kier molecular flexibility index (Phi) is 4.36. The van der Waals surface area contributed by atoms with Crippen molar-refractivity contribution in [1.29, 1.82) is 0 Å². The Hall–Kier alpha value is -1.92. The summed E-state index contributed by atoms with van der Waals surface area (Å²) in [6.07, 6.45) is 1.08. The SMILES string of the molecule is CC(c1cccc(Cl)c1)N(C)c1nc(NN)ncc1F. The van der Waals surface area contributed by atoms with Gasteiger partial charge in [-0.1, -0.05) is 23.7 Å². The minimum Gasteiger partial charge on any atom is -0.350 e. The largest absolute Gasteiger partial charge is 0.350 e. The number of anilines is 2. The molecule has 1 atom stereocenters. The number of rotatable bonds is 4. The molecule has 0 aliphatic heterocycles. The van der Waals surface area contributed by atoms with E-state index >= 15 is 0 Å². The number of nitrogen functional groups attached to an aromatic ring is 1. The number of benzene rings is 1. The molecule has 2 aromatic rings. The van der Waals surface area contributed by atoms with Crippen LogP contribution in [0.4, 0.5) is 16.2 Å². The van der Waals surface area contributed by atoms with Crippen molar-refractivity contribution in [3.63, 3.8) is 0 Å². The Morgan fingerprint density at radius 2 is 2.20 bits per heavy atom. The second-order valence-corrected chi connectivity index (χ2v) is 4.79. The molecule has 0 fully saturated rings. The monoisotopic (exact) mass is 295 g/mol. The van der Waals surface area contributed by atoms with E-state index in [-0.39, 0.29) is 17.8 Å². The maximum atomic E-state index is 13.9. The Bertz CT molecular complexity index is 607. The lowest BCUT2D eigenvalue weighted by Crippen LogP contribution is -2.25. The molecule has 20 heavy (non-hydrogen) atoms. The van der Waals surface area contributed by atoms with Crippen LogP contribution >= 0.6 is 11.6 Å². The molecule has 0 radical (unpaired) electrons.